The van der Waals surface area contributed by atoms with Gasteiger partial charge in [-0.05, 0) is 57.0 Å². The van der Waals surface area contributed by atoms with Gasteiger partial charge < -0.3 is 4.90 Å². The highest BCUT2D eigenvalue weighted by molar-refractivity contribution is 6.00. The number of hydrogen-bond donors (Lipinski definition) is 0. The van der Waals surface area contributed by atoms with Gasteiger partial charge in [0.2, 0.25) is 0 Å². The topological polar surface area (TPSA) is 59.0 Å². The first-order valence-electron chi connectivity index (χ1n) is 10.1. The molecule has 3 aromatic rings. The van der Waals surface area contributed by atoms with Gasteiger partial charge in [-0.2, -0.15) is 13.2 Å². The number of aromatic nitrogens is 3. The number of alkyl halides is 3. The van der Waals surface area contributed by atoms with Crippen molar-refractivity contribution in [3.8, 4) is 11.4 Å². The highest BCUT2D eigenvalue weighted by Gasteiger charge is 2.30. The van der Waals surface area contributed by atoms with Crippen LogP contribution in [0.15, 0.2) is 55.0 Å². The van der Waals surface area contributed by atoms with E-state index < -0.39 is 17.6 Å². The molecule has 0 bridgehead atoms. The minimum atomic E-state index is -4.44. The second kappa shape index (κ2) is 9.84. The number of carbonyl (C=O) groups is 1. The summed E-state index contributed by atoms with van der Waals surface area (Å²) in [5.74, 6) is -0.853. The van der Waals surface area contributed by atoms with Gasteiger partial charge in [-0.1, -0.05) is 6.07 Å². The van der Waals surface area contributed by atoms with Crippen LogP contribution in [0.4, 0.5) is 17.6 Å². The zero-order valence-electron chi connectivity index (χ0n) is 17.6. The van der Waals surface area contributed by atoms with Crippen LogP contribution >= 0.6 is 0 Å². The number of benzene rings is 1. The Balaban J connectivity index is 1.77. The summed E-state index contributed by atoms with van der Waals surface area (Å²) in [6.07, 6.45) is 0.183. The molecule has 1 atom stereocenters. The molecule has 0 saturated heterocycles. The van der Waals surface area contributed by atoms with Gasteiger partial charge in [0.25, 0.3) is 5.91 Å². The third-order valence-corrected chi connectivity index (χ3v) is 5.14. The number of aryl methyl sites for hydroxylation is 1. The second-order valence-corrected chi connectivity index (χ2v) is 7.25. The molecule has 3 rings (SSSR count). The third-order valence-electron chi connectivity index (χ3n) is 5.14. The van der Waals surface area contributed by atoms with E-state index in [1.165, 1.54) is 36.7 Å². The Hall–Kier alpha value is -3.36. The van der Waals surface area contributed by atoms with Crippen molar-refractivity contribution in [1.29, 1.82) is 0 Å². The van der Waals surface area contributed by atoms with E-state index in [2.05, 4.69) is 15.0 Å². The van der Waals surface area contributed by atoms with E-state index in [0.29, 0.717) is 25.1 Å². The molecule has 1 amide bonds. The Bertz CT molecular complexity index is 1060. The lowest BCUT2D eigenvalue weighted by Gasteiger charge is -2.29. The van der Waals surface area contributed by atoms with Crippen molar-refractivity contribution in [2.75, 3.05) is 6.54 Å². The van der Waals surface area contributed by atoms with Crippen LogP contribution in [0.1, 0.15) is 41.9 Å². The van der Waals surface area contributed by atoms with E-state index in [0.717, 1.165) is 12.3 Å². The maximum atomic E-state index is 14.6. The normalized spacial score (nSPS) is 12.4. The zero-order chi connectivity index (χ0) is 23.3. The van der Waals surface area contributed by atoms with Crippen LogP contribution < -0.4 is 0 Å². The Morgan fingerprint density at radius 3 is 2.38 bits per heavy atom. The van der Waals surface area contributed by atoms with Crippen LogP contribution in [0.2, 0.25) is 0 Å². The van der Waals surface area contributed by atoms with E-state index >= 15 is 0 Å². The molecule has 168 valence electrons. The first-order chi connectivity index (χ1) is 15.2. The van der Waals surface area contributed by atoms with Gasteiger partial charge in [0.05, 0.1) is 16.7 Å². The highest BCUT2D eigenvalue weighted by atomic mass is 19.4. The maximum absolute atomic E-state index is 14.6. The molecule has 5 nitrogen and oxygen atoms in total. The standard InChI is InChI=1S/C23H22F4N4O/c1-3-31(15(2)8-10-17-11-9-16(14-30-17)23(25,26)27)22(32)18-6-4-7-19(24)20(18)21-28-12-5-13-29-21/h4-7,9,11-15H,3,8,10H2,1-2H3/t15-/m0/s1. The van der Waals surface area contributed by atoms with Gasteiger partial charge >= 0.3 is 6.18 Å². The molecule has 0 aliphatic rings. The predicted octanol–water partition coefficient (Wildman–Crippen LogP) is 5.18. The van der Waals surface area contributed by atoms with Crippen molar-refractivity contribution in [2.24, 2.45) is 0 Å². The molecule has 0 radical (unpaired) electrons. The summed E-state index contributed by atoms with van der Waals surface area (Å²) in [4.78, 5) is 26.9. The summed E-state index contributed by atoms with van der Waals surface area (Å²) < 4.78 is 52.7. The number of nitrogens with zero attached hydrogens (tertiary/aromatic N) is 4. The number of halogens is 4. The van der Waals surface area contributed by atoms with E-state index in [1.807, 2.05) is 13.8 Å². The minimum absolute atomic E-state index is 0.0353. The first-order valence-corrected chi connectivity index (χ1v) is 10.1. The van der Waals surface area contributed by atoms with Gasteiger partial charge in [0, 0.05) is 36.9 Å². The van der Waals surface area contributed by atoms with Crippen LogP contribution in [-0.4, -0.2) is 38.3 Å². The summed E-state index contributed by atoms with van der Waals surface area (Å²) >= 11 is 0. The average molecular weight is 446 g/mol. The molecule has 2 heterocycles. The van der Waals surface area contributed by atoms with Gasteiger partial charge in [-0.15, -0.1) is 0 Å². The van der Waals surface area contributed by atoms with E-state index in [9.17, 15) is 22.4 Å². The fourth-order valence-corrected chi connectivity index (χ4v) is 3.42. The number of pyridine rings is 1. The van der Waals surface area contributed by atoms with Crippen LogP contribution in [0.25, 0.3) is 11.4 Å². The molecule has 0 fully saturated rings. The van der Waals surface area contributed by atoms with Crippen molar-refractivity contribution in [2.45, 2.75) is 38.9 Å². The first kappa shape index (κ1) is 23.3. The van der Waals surface area contributed by atoms with Crippen molar-refractivity contribution in [3.63, 3.8) is 0 Å². The SMILES string of the molecule is CCN(C(=O)c1cccc(F)c1-c1ncccn1)[C@@H](C)CCc1ccc(C(F)(F)F)cn1. The fourth-order valence-electron chi connectivity index (χ4n) is 3.42. The number of rotatable bonds is 7. The zero-order valence-corrected chi connectivity index (χ0v) is 17.6. The molecule has 32 heavy (non-hydrogen) atoms. The van der Waals surface area contributed by atoms with E-state index in [4.69, 9.17) is 0 Å². The van der Waals surface area contributed by atoms with Crippen LogP contribution in [0.5, 0.6) is 0 Å². The molecule has 2 aromatic heterocycles. The summed E-state index contributed by atoms with van der Waals surface area (Å²) in [7, 11) is 0. The van der Waals surface area contributed by atoms with Crippen molar-refractivity contribution in [3.05, 3.63) is 77.6 Å². The summed E-state index contributed by atoms with van der Waals surface area (Å²) in [6.45, 7) is 4.01. The lowest BCUT2D eigenvalue weighted by atomic mass is 10.0. The largest absolute Gasteiger partial charge is 0.417 e. The van der Waals surface area contributed by atoms with Crippen molar-refractivity contribution < 1.29 is 22.4 Å². The maximum Gasteiger partial charge on any atom is 0.417 e. The van der Waals surface area contributed by atoms with Crippen molar-refractivity contribution in [1.82, 2.24) is 19.9 Å². The monoisotopic (exact) mass is 446 g/mol. The van der Waals surface area contributed by atoms with Crippen LogP contribution in [0, 0.1) is 5.82 Å². The Labute approximate surface area is 183 Å². The van der Waals surface area contributed by atoms with Crippen LogP contribution in [-0.2, 0) is 12.6 Å². The predicted molar refractivity (Wildman–Crippen MR) is 111 cm³/mol. The molecular formula is C23H22F4N4O. The number of carbonyl (C=O) groups excluding carboxylic acids is 1. The summed E-state index contributed by atoms with van der Waals surface area (Å²) in [5, 5.41) is 0. The van der Waals surface area contributed by atoms with Crippen LogP contribution in [0.3, 0.4) is 0 Å². The van der Waals surface area contributed by atoms with Gasteiger partial charge in [-0.3, -0.25) is 9.78 Å². The molecule has 1 aromatic carbocycles. The van der Waals surface area contributed by atoms with Gasteiger partial charge in [0.1, 0.15) is 5.82 Å². The Morgan fingerprint density at radius 1 is 1.06 bits per heavy atom. The quantitative estimate of drug-likeness (QED) is 0.470. The molecule has 0 aliphatic heterocycles. The summed E-state index contributed by atoms with van der Waals surface area (Å²) in [5.41, 5.74) is -0.121. The molecule has 0 unspecified atom stereocenters. The number of amides is 1. The lowest BCUT2D eigenvalue weighted by Crippen LogP contribution is -2.39. The minimum Gasteiger partial charge on any atom is -0.336 e. The fraction of sp³-hybridized carbons (Fsp3) is 0.304. The van der Waals surface area contributed by atoms with Gasteiger partial charge in [-0.25, -0.2) is 14.4 Å². The lowest BCUT2D eigenvalue weighted by molar-refractivity contribution is -0.137. The Morgan fingerprint density at radius 2 is 1.78 bits per heavy atom. The Kier molecular flexibility index (Phi) is 7.17. The van der Waals surface area contributed by atoms with Crippen molar-refractivity contribution >= 4 is 5.91 Å². The molecule has 0 spiro atoms. The summed E-state index contributed by atoms with van der Waals surface area (Å²) in [6, 6.07) is 7.91. The number of hydrogen-bond acceptors (Lipinski definition) is 4. The molecule has 0 N–H and O–H groups in total. The smallest absolute Gasteiger partial charge is 0.336 e. The molecular weight excluding hydrogens is 424 g/mol. The average Bonchev–Trinajstić information content (AvgIpc) is 2.78. The third kappa shape index (κ3) is 5.27. The molecule has 0 saturated carbocycles. The van der Waals surface area contributed by atoms with Gasteiger partial charge in [0.15, 0.2) is 5.82 Å². The highest BCUT2D eigenvalue weighted by Crippen LogP contribution is 2.29. The second-order valence-electron chi connectivity index (χ2n) is 7.25. The van der Waals surface area contributed by atoms with E-state index in [-0.39, 0.29) is 28.9 Å². The molecule has 9 heteroatoms. The van der Waals surface area contributed by atoms with E-state index in [1.54, 1.807) is 11.0 Å². The molecule has 0 aliphatic carbocycles.